The molecule has 3 aromatic rings. The molecule has 1 heterocycles. The van der Waals surface area contributed by atoms with Gasteiger partial charge >= 0.3 is 5.97 Å². The number of halogens is 1. The molecular formula is C19H16BrNO4. The number of esters is 1. The number of aromatic amines is 1. The first kappa shape index (κ1) is 17.2. The summed E-state index contributed by atoms with van der Waals surface area (Å²) >= 11 is 3.46. The largest absolute Gasteiger partial charge is 0.462 e. The summed E-state index contributed by atoms with van der Waals surface area (Å²) in [5.74, 6) is 0.545. The van der Waals surface area contributed by atoms with Gasteiger partial charge in [0.25, 0.3) is 0 Å². The summed E-state index contributed by atoms with van der Waals surface area (Å²) in [6.07, 6.45) is 1.37. The Morgan fingerprint density at radius 3 is 2.68 bits per heavy atom. The molecule has 5 nitrogen and oxygen atoms in total. The summed E-state index contributed by atoms with van der Waals surface area (Å²) in [5.41, 5.74) is 1.15. The minimum absolute atomic E-state index is 0.0292. The number of carbonyl (C=O) groups excluding carboxylic acids is 1. The molecule has 0 atom stereocenters. The van der Waals surface area contributed by atoms with Gasteiger partial charge in [-0.15, -0.1) is 0 Å². The van der Waals surface area contributed by atoms with E-state index in [1.165, 1.54) is 6.20 Å². The molecule has 0 bridgehead atoms. The van der Waals surface area contributed by atoms with E-state index in [4.69, 9.17) is 9.47 Å². The molecule has 128 valence electrons. The molecule has 0 aliphatic carbocycles. The quantitative estimate of drug-likeness (QED) is 0.650. The van der Waals surface area contributed by atoms with Crippen molar-refractivity contribution in [3.05, 3.63) is 68.4 Å². The van der Waals surface area contributed by atoms with Crippen LogP contribution in [0.25, 0.3) is 10.9 Å². The Hall–Kier alpha value is -2.60. The van der Waals surface area contributed by atoms with E-state index in [1.807, 2.05) is 31.2 Å². The number of nitrogens with one attached hydrogen (secondary N) is 1. The lowest BCUT2D eigenvalue weighted by atomic mass is 10.1. The summed E-state index contributed by atoms with van der Waals surface area (Å²) in [4.78, 5) is 27.5. The van der Waals surface area contributed by atoms with Crippen LogP contribution < -0.4 is 10.2 Å². The maximum absolute atomic E-state index is 12.6. The molecule has 6 heteroatoms. The van der Waals surface area contributed by atoms with Gasteiger partial charge in [-0.1, -0.05) is 18.2 Å². The van der Waals surface area contributed by atoms with Crippen LogP contribution in [0, 0.1) is 6.92 Å². The average Bonchev–Trinajstić information content (AvgIpc) is 2.58. The van der Waals surface area contributed by atoms with Crippen molar-refractivity contribution in [2.24, 2.45) is 0 Å². The van der Waals surface area contributed by atoms with E-state index in [2.05, 4.69) is 20.9 Å². The normalized spacial score (nSPS) is 10.7. The monoisotopic (exact) mass is 401 g/mol. The highest BCUT2D eigenvalue weighted by atomic mass is 79.9. The SMILES string of the molecule is CCOC(=O)c1c[nH]c2cc(Br)c(Oc3ccccc3C)cc2c1=O. The first-order valence-corrected chi connectivity index (χ1v) is 8.56. The summed E-state index contributed by atoms with van der Waals surface area (Å²) in [6, 6.07) is 11.0. The molecule has 0 aliphatic rings. The zero-order valence-electron chi connectivity index (χ0n) is 13.8. The van der Waals surface area contributed by atoms with Crippen molar-refractivity contribution in [3.63, 3.8) is 0 Å². The standard InChI is InChI=1S/C19H16BrNO4/c1-3-24-19(23)13-10-21-15-9-14(20)17(8-12(15)18(13)22)25-16-7-5-4-6-11(16)2/h4-10H,3H2,1-2H3,(H,21,22). The van der Waals surface area contributed by atoms with E-state index in [0.29, 0.717) is 26.9 Å². The lowest BCUT2D eigenvalue weighted by Gasteiger charge is -2.11. The third-order valence-corrected chi connectivity index (χ3v) is 4.36. The van der Waals surface area contributed by atoms with Crippen molar-refractivity contribution in [2.45, 2.75) is 13.8 Å². The predicted molar refractivity (Wildman–Crippen MR) is 99.5 cm³/mol. The second-order valence-electron chi connectivity index (χ2n) is 5.45. The van der Waals surface area contributed by atoms with Gasteiger partial charge in [-0.25, -0.2) is 4.79 Å². The topological polar surface area (TPSA) is 68.4 Å². The molecule has 0 aliphatic heterocycles. The van der Waals surface area contributed by atoms with Gasteiger partial charge in [-0.2, -0.15) is 0 Å². The molecule has 0 fully saturated rings. The number of fused-ring (bicyclic) bond motifs is 1. The van der Waals surface area contributed by atoms with Gasteiger partial charge in [0.05, 0.1) is 22.0 Å². The number of aromatic nitrogens is 1. The van der Waals surface area contributed by atoms with Crippen molar-refractivity contribution in [3.8, 4) is 11.5 Å². The van der Waals surface area contributed by atoms with Gasteiger partial charge in [0.1, 0.15) is 17.1 Å². The van der Waals surface area contributed by atoms with E-state index >= 15 is 0 Å². The van der Waals surface area contributed by atoms with Crippen molar-refractivity contribution in [2.75, 3.05) is 6.61 Å². The van der Waals surface area contributed by atoms with E-state index in [1.54, 1.807) is 19.1 Å². The van der Waals surface area contributed by atoms with Crippen LogP contribution in [0.3, 0.4) is 0 Å². The zero-order chi connectivity index (χ0) is 18.0. The molecule has 0 unspecified atom stereocenters. The Labute approximate surface area is 152 Å². The molecule has 2 aromatic carbocycles. The summed E-state index contributed by atoms with van der Waals surface area (Å²) in [6.45, 7) is 3.84. The first-order valence-electron chi connectivity index (χ1n) is 7.76. The minimum atomic E-state index is -0.644. The lowest BCUT2D eigenvalue weighted by molar-refractivity contribution is 0.0524. The average molecular weight is 402 g/mol. The Bertz CT molecular complexity index is 1010. The Morgan fingerprint density at radius 1 is 1.20 bits per heavy atom. The fourth-order valence-electron chi connectivity index (χ4n) is 2.45. The third kappa shape index (κ3) is 3.44. The van der Waals surface area contributed by atoms with Gasteiger partial charge in [0.15, 0.2) is 0 Å². The molecule has 0 spiro atoms. The molecule has 0 radical (unpaired) electrons. The summed E-state index contributed by atoms with van der Waals surface area (Å²) in [5, 5.41) is 0.359. The second-order valence-corrected chi connectivity index (χ2v) is 6.30. The highest BCUT2D eigenvalue weighted by Crippen LogP contribution is 2.33. The Kier molecular flexibility index (Phi) is 4.90. The van der Waals surface area contributed by atoms with Gasteiger partial charge in [0.2, 0.25) is 5.43 Å². The van der Waals surface area contributed by atoms with Crippen LogP contribution in [0.5, 0.6) is 11.5 Å². The smallest absolute Gasteiger partial charge is 0.343 e. The van der Waals surface area contributed by atoms with Crippen molar-refractivity contribution < 1.29 is 14.3 Å². The molecular weight excluding hydrogens is 386 g/mol. The van der Waals surface area contributed by atoms with E-state index in [-0.39, 0.29) is 12.2 Å². The first-order chi connectivity index (χ1) is 12.0. The number of para-hydroxylation sites is 1. The second kappa shape index (κ2) is 7.11. The van der Waals surface area contributed by atoms with Gasteiger partial charge in [-0.05, 0) is 53.5 Å². The number of hydrogen-bond acceptors (Lipinski definition) is 4. The molecule has 0 saturated heterocycles. The van der Waals surface area contributed by atoms with Crippen molar-refractivity contribution in [1.29, 1.82) is 0 Å². The Balaban J connectivity index is 2.10. The maximum atomic E-state index is 12.6. The maximum Gasteiger partial charge on any atom is 0.343 e. The third-order valence-electron chi connectivity index (χ3n) is 3.74. The zero-order valence-corrected chi connectivity index (χ0v) is 15.3. The van der Waals surface area contributed by atoms with Crippen LogP contribution in [0.2, 0.25) is 0 Å². The fraction of sp³-hybridized carbons (Fsp3) is 0.158. The molecule has 3 rings (SSSR count). The Morgan fingerprint density at radius 2 is 1.96 bits per heavy atom. The fourth-order valence-corrected chi connectivity index (χ4v) is 2.87. The van der Waals surface area contributed by atoms with Crippen molar-refractivity contribution in [1.82, 2.24) is 4.98 Å². The summed E-state index contributed by atoms with van der Waals surface area (Å²) in [7, 11) is 0. The van der Waals surface area contributed by atoms with E-state index in [0.717, 1.165) is 5.56 Å². The lowest BCUT2D eigenvalue weighted by Crippen LogP contribution is -2.18. The number of hydrogen-bond donors (Lipinski definition) is 1. The van der Waals surface area contributed by atoms with Crippen LogP contribution in [-0.4, -0.2) is 17.6 Å². The number of carbonyl (C=O) groups is 1. The van der Waals surface area contributed by atoms with E-state index < -0.39 is 11.4 Å². The van der Waals surface area contributed by atoms with Crippen LogP contribution in [0.15, 0.2) is 51.9 Å². The molecule has 1 N–H and O–H groups in total. The van der Waals surface area contributed by atoms with E-state index in [9.17, 15) is 9.59 Å². The van der Waals surface area contributed by atoms with Gasteiger partial charge in [-0.3, -0.25) is 4.79 Å². The molecule has 1 aromatic heterocycles. The highest BCUT2D eigenvalue weighted by Gasteiger charge is 2.16. The van der Waals surface area contributed by atoms with Gasteiger partial charge < -0.3 is 14.5 Å². The molecule has 0 saturated carbocycles. The molecule has 0 amide bonds. The number of ether oxygens (including phenoxy) is 2. The number of aryl methyl sites for hydroxylation is 1. The predicted octanol–water partition coefficient (Wildman–Crippen LogP) is 4.57. The van der Waals surface area contributed by atoms with Gasteiger partial charge in [0, 0.05) is 6.20 Å². The van der Waals surface area contributed by atoms with Crippen LogP contribution >= 0.6 is 15.9 Å². The molecule has 25 heavy (non-hydrogen) atoms. The number of rotatable bonds is 4. The summed E-state index contributed by atoms with van der Waals surface area (Å²) < 4.78 is 11.6. The van der Waals surface area contributed by atoms with Crippen LogP contribution in [-0.2, 0) is 4.74 Å². The van der Waals surface area contributed by atoms with Crippen LogP contribution in [0.4, 0.5) is 0 Å². The highest BCUT2D eigenvalue weighted by molar-refractivity contribution is 9.10. The minimum Gasteiger partial charge on any atom is -0.462 e. The number of pyridine rings is 1. The van der Waals surface area contributed by atoms with Crippen LogP contribution in [0.1, 0.15) is 22.8 Å². The van der Waals surface area contributed by atoms with Crippen molar-refractivity contribution >= 4 is 32.8 Å². The number of benzene rings is 2. The number of H-pyrrole nitrogens is 1.